The molecule has 118 valence electrons. The van der Waals surface area contributed by atoms with Gasteiger partial charge in [-0.3, -0.25) is 0 Å². The zero-order valence-corrected chi connectivity index (χ0v) is 13.9. The molecule has 3 aliphatic carbocycles. The fourth-order valence-electron chi connectivity index (χ4n) is 5.84. The Bertz CT molecular complexity index is 439. The molecule has 0 aromatic carbocycles. The minimum atomic E-state index is -0.250. The van der Waals surface area contributed by atoms with E-state index < -0.39 is 0 Å². The maximum Gasteiger partial charge on any atom is 0.330 e. The lowest BCUT2D eigenvalue weighted by Crippen LogP contribution is -2.38. The summed E-state index contributed by atoms with van der Waals surface area (Å²) in [4.78, 5) is 11.5. The zero-order valence-electron chi connectivity index (χ0n) is 13.9. The Kier molecular flexibility index (Phi) is 3.70. The highest BCUT2D eigenvalue weighted by atomic mass is 16.5. The van der Waals surface area contributed by atoms with E-state index in [0.717, 1.165) is 30.6 Å². The highest BCUT2D eigenvalue weighted by Crippen LogP contribution is 2.70. The average Bonchev–Trinajstić information content (AvgIpc) is 2.80. The van der Waals surface area contributed by atoms with E-state index in [1.807, 2.05) is 0 Å². The van der Waals surface area contributed by atoms with Crippen LogP contribution in [-0.4, -0.2) is 12.1 Å². The highest BCUT2D eigenvalue weighted by molar-refractivity contribution is 5.81. The van der Waals surface area contributed by atoms with Gasteiger partial charge in [0.2, 0.25) is 0 Å². The van der Waals surface area contributed by atoms with Crippen LogP contribution in [0.5, 0.6) is 0 Å². The number of ether oxygens (including phenoxy) is 1. The van der Waals surface area contributed by atoms with E-state index in [-0.39, 0.29) is 12.1 Å². The summed E-state index contributed by atoms with van der Waals surface area (Å²) in [5, 5.41) is 0. The summed E-state index contributed by atoms with van der Waals surface area (Å²) >= 11 is 0. The smallest absolute Gasteiger partial charge is 0.330 e. The number of hydrogen-bond acceptors (Lipinski definition) is 2. The Hall–Kier alpha value is -0.790. The molecule has 0 heterocycles. The molecule has 3 rings (SSSR count). The predicted molar refractivity (Wildman–Crippen MR) is 84.8 cm³/mol. The lowest BCUT2D eigenvalue weighted by molar-refractivity contribution is -0.146. The van der Waals surface area contributed by atoms with Crippen LogP contribution in [0.15, 0.2) is 12.7 Å². The molecule has 2 heteroatoms. The first-order chi connectivity index (χ1) is 9.88. The molecule has 0 amide bonds. The van der Waals surface area contributed by atoms with Crippen LogP contribution in [0.2, 0.25) is 0 Å². The van der Waals surface area contributed by atoms with Crippen molar-refractivity contribution in [3.8, 4) is 0 Å². The van der Waals surface area contributed by atoms with Gasteiger partial charge in [0.15, 0.2) is 0 Å². The van der Waals surface area contributed by atoms with Gasteiger partial charge in [-0.1, -0.05) is 27.4 Å². The molecular formula is C19H30O2. The number of hydrogen-bond donors (Lipinski definition) is 0. The van der Waals surface area contributed by atoms with Crippen LogP contribution in [0.4, 0.5) is 0 Å². The average molecular weight is 290 g/mol. The quantitative estimate of drug-likeness (QED) is 0.554. The van der Waals surface area contributed by atoms with Crippen molar-refractivity contribution in [1.29, 1.82) is 0 Å². The maximum atomic E-state index is 11.5. The van der Waals surface area contributed by atoms with Gasteiger partial charge in [0.1, 0.15) is 6.10 Å². The summed E-state index contributed by atoms with van der Waals surface area (Å²) in [5.74, 6) is 2.23. The number of esters is 1. The summed E-state index contributed by atoms with van der Waals surface area (Å²) in [6, 6.07) is 0. The van der Waals surface area contributed by atoms with E-state index in [9.17, 15) is 4.79 Å². The Labute approximate surface area is 129 Å². The molecule has 0 aromatic heterocycles. The second-order valence-electron chi connectivity index (χ2n) is 8.41. The van der Waals surface area contributed by atoms with Gasteiger partial charge in [0, 0.05) is 6.08 Å². The molecular weight excluding hydrogens is 260 g/mol. The first-order valence-corrected chi connectivity index (χ1v) is 8.71. The van der Waals surface area contributed by atoms with Crippen LogP contribution in [0.1, 0.15) is 65.7 Å². The van der Waals surface area contributed by atoms with E-state index in [1.54, 1.807) is 0 Å². The Morgan fingerprint density at radius 3 is 2.52 bits per heavy atom. The third kappa shape index (κ3) is 2.26. The van der Waals surface area contributed by atoms with Crippen molar-refractivity contribution in [1.82, 2.24) is 0 Å². The molecule has 0 radical (unpaired) electrons. The Morgan fingerprint density at radius 1 is 1.19 bits per heavy atom. The van der Waals surface area contributed by atoms with E-state index in [4.69, 9.17) is 4.74 Å². The molecule has 2 bridgehead atoms. The third-order valence-electron chi connectivity index (χ3n) is 7.55. The largest absolute Gasteiger partial charge is 0.459 e. The molecule has 3 saturated carbocycles. The molecule has 0 aromatic rings. The van der Waals surface area contributed by atoms with Crippen molar-refractivity contribution >= 4 is 5.97 Å². The minimum Gasteiger partial charge on any atom is -0.459 e. The first kappa shape index (κ1) is 15.1. The lowest BCUT2D eigenvalue weighted by atomic mass is 9.61. The number of carbonyl (C=O) groups excluding carboxylic acids is 1. The van der Waals surface area contributed by atoms with Crippen molar-refractivity contribution in [3.63, 3.8) is 0 Å². The molecule has 0 unspecified atom stereocenters. The zero-order chi connectivity index (χ0) is 15.3. The number of fused-ring (bicyclic) bond motifs is 2. The van der Waals surface area contributed by atoms with Gasteiger partial charge in [-0.25, -0.2) is 4.79 Å². The summed E-state index contributed by atoms with van der Waals surface area (Å²) in [6.07, 6.45) is 10.3. The van der Waals surface area contributed by atoms with Crippen LogP contribution in [0.3, 0.4) is 0 Å². The monoisotopic (exact) mass is 290 g/mol. The second kappa shape index (κ2) is 5.14. The molecule has 0 saturated heterocycles. The third-order valence-corrected chi connectivity index (χ3v) is 7.55. The maximum absolute atomic E-state index is 11.5. The number of rotatable bonds is 3. The standard InChI is InChI=1S/C19H30O2/c1-5-17(20)21-15-8-6-7-13(11-15)16-12-14-9-10-19(16,4)18(14,2)3/h5,13-16H,1,6-12H2,2-4H3/t13-,14+,15+,16+,19-/m1/s1. The Balaban J connectivity index is 1.70. The topological polar surface area (TPSA) is 26.3 Å². The number of carbonyl (C=O) groups is 1. The van der Waals surface area contributed by atoms with Gasteiger partial charge in [-0.05, 0) is 73.5 Å². The van der Waals surface area contributed by atoms with Crippen LogP contribution in [0.25, 0.3) is 0 Å². The van der Waals surface area contributed by atoms with Crippen LogP contribution in [-0.2, 0) is 9.53 Å². The van der Waals surface area contributed by atoms with Crippen LogP contribution in [0, 0.1) is 28.6 Å². The SMILES string of the molecule is C=CC(=O)O[C@H]1CCC[C@@H]([C@@H]2C[C@@H]3CC[C@@]2(C)C3(C)C)C1. The van der Waals surface area contributed by atoms with Crippen molar-refractivity contribution in [2.75, 3.05) is 0 Å². The summed E-state index contributed by atoms with van der Waals surface area (Å²) in [7, 11) is 0. The molecule has 0 aliphatic heterocycles. The van der Waals surface area contributed by atoms with Gasteiger partial charge in [-0.15, -0.1) is 0 Å². The predicted octanol–water partition coefficient (Wildman–Crippen LogP) is 4.74. The normalized spacial score (nSPS) is 44.5. The van der Waals surface area contributed by atoms with E-state index in [0.29, 0.717) is 10.8 Å². The van der Waals surface area contributed by atoms with E-state index in [1.165, 1.54) is 38.2 Å². The molecule has 5 atom stereocenters. The lowest BCUT2D eigenvalue weighted by Gasteiger charge is -2.45. The minimum absolute atomic E-state index is 0.125. The van der Waals surface area contributed by atoms with Gasteiger partial charge in [0.05, 0.1) is 0 Å². The molecule has 0 spiro atoms. The van der Waals surface area contributed by atoms with E-state index >= 15 is 0 Å². The van der Waals surface area contributed by atoms with Crippen LogP contribution >= 0.6 is 0 Å². The molecule has 2 nitrogen and oxygen atoms in total. The Morgan fingerprint density at radius 2 is 1.95 bits per heavy atom. The van der Waals surface area contributed by atoms with Gasteiger partial charge in [0.25, 0.3) is 0 Å². The van der Waals surface area contributed by atoms with Gasteiger partial charge < -0.3 is 4.74 Å². The van der Waals surface area contributed by atoms with Crippen molar-refractivity contribution in [2.24, 2.45) is 28.6 Å². The first-order valence-electron chi connectivity index (χ1n) is 8.71. The molecule has 21 heavy (non-hydrogen) atoms. The second-order valence-corrected chi connectivity index (χ2v) is 8.41. The summed E-state index contributed by atoms with van der Waals surface area (Å²) < 4.78 is 5.54. The fraction of sp³-hybridized carbons (Fsp3) is 0.842. The van der Waals surface area contributed by atoms with Gasteiger partial charge >= 0.3 is 5.97 Å². The fourth-order valence-corrected chi connectivity index (χ4v) is 5.84. The van der Waals surface area contributed by atoms with Crippen molar-refractivity contribution < 1.29 is 9.53 Å². The summed E-state index contributed by atoms with van der Waals surface area (Å²) in [5.41, 5.74) is 0.981. The van der Waals surface area contributed by atoms with Gasteiger partial charge in [-0.2, -0.15) is 0 Å². The molecule has 0 N–H and O–H groups in total. The van der Waals surface area contributed by atoms with Crippen LogP contribution < -0.4 is 0 Å². The highest BCUT2D eigenvalue weighted by Gasteiger charge is 2.62. The molecule has 3 fully saturated rings. The van der Waals surface area contributed by atoms with Crippen molar-refractivity contribution in [3.05, 3.63) is 12.7 Å². The molecule has 3 aliphatic rings. The van der Waals surface area contributed by atoms with Crippen molar-refractivity contribution in [2.45, 2.75) is 71.8 Å². The van der Waals surface area contributed by atoms with E-state index in [2.05, 4.69) is 27.4 Å². The summed E-state index contributed by atoms with van der Waals surface area (Å²) in [6.45, 7) is 11.0.